The molecule has 1 aromatic heterocycles. The van der Waals surface area contributed by atoms with Crippen molar-refractivity contribution >= 4 is 23.2 Å². The maximum Gasteiger partial charge on any atom is 0.251 e. The number of carbonyl (C=O) groups excluding carboxylic acids is 2. The summed E-state index contributed by atoms with van der Waals surface area (Å²) in [6.07, 6.45) is 2.44. The van der Waals surface area contributed by atoms with Crippen molar-refractivity contribution < 1.29 is 9.59 Å². The van der Waals surface area contributed by atoms with Gasteiger partial charge in [0.2, 0.25) is 5.91 Å². The van der Waals surface area contributed by atoms with Crippen LogP contribution in [-0.2, 0) is 10.3 Å². The van der Waals surface area contributed by atoms with Crippen molar-refractivity contribution in [3.8, 4) is 0 Å². The fourth-order valence-corrected chi connectivity index (χ4v) is 3.34. The highest BCUT2D eigenvalue weighted by molar-refractivity contribution is 7.09. The summed E-state index contributed by atoms with van der Waals surface area (Å²) >= 11 is 1.51. The molecule has 1 atom stereocenters. The lowest BCUT2D eigenvalue weighted by Gasteiger charge is -2.27. The molecule has 2 rings (SSSR count). The maximum absolute atomic E-state index is 12.2. The normalized spacial score (nSPS) is 13.2. The van der Waals surface area contributed by atoms with Gasteiger partial charge in [-0.2, -0.15) is 0 Å². The van der Waals surface area contributed by atoms with Gasteiger partial charge in [-0.15, -0.1) is 11.3 Å². The molecule has 6 heteroatoms. The number of hydrogen-bond acceptors (Lipinski definition) is 4. The largest absolute Gasteiger partial charge is 0.343 e. The summed E-state index contributed by atoms with van der Waals surface area (Å²) in [4.78, 5) is 28.7. The van der Waals surface area contributed by atoms with E-state index in [0.717, 1.165) is 22.6 Å². The molecule has 0 saturated heterocycles. The third kappa shape index (κ3) is 4.41. The predicted octanol–water partition coefficient (Wildman–Crippen LogP) is 2.93. The first kappa shape index (κ1) is 18.1. The first-order chi connectivity index (χ1) is 11.3. The van der Waals surface area contributed by atoms with Crippen molar-refractivity contribution in [1.82, 2.24) is 15.6 Å². The monoisotopic (exact) mass is 345 g/mol. The van der Waals surface area contributed by atoms with Gasteiger partial charge < -0.3 is 10.6 Å². The molecule has 0 saturated carbocycles. The van der Waals surface area contributed by atoms with Crippen molar-refractivity contribution in [1.29, 1.82) is 0 Å². The molecule has 2 N–H and O–H groups in total. The molecule has 24 heavy (non-hydrogen) atoms. The second-order valence-electron chi connectivity index (χ2n) is 6.13. The Bertz CT molecular complexity index is 708. The molecule has 1 aromatic carbocycles. The van der Waals surface area contributed by atoms with E-state index in [1.165, 1.54) is 11.3 Å². The molecular weight excluding hydrogens is 322 g/mol. The van der Waals surface area contributed by atoms with Crippen molar-refractivity contribution in [3.63, 3.8) is 0 Å². The molecule has 2 amide bonds. The zero-order valence-corrected chi connectivity index (χ0v) is 15.3. The van der Waals surface area contributed by atoms with Crippen molar-refractivity contribution in [2.24, 2.45) is 0 Å². The van der Waals surface area contributed by atoms with Gasteiger partial charge >= 0.3 is 0 Å². The van der Waals surface area contributed by atoms with Crippen molar-refractivity contribution in [2.45, 2.75) is 39.7 Å². The highest BCUT2D eigenvalue weighted by atomic mass is 32.1. The lowest BCUT2D eigenvalue weighted by molar-refractivity contribution is -0.122. The number of hydrogen-bond donors (Lipinski definition) is 2. The molecule has 128 valence electrons. The summed E-state index contributed by atoms with van der Waals surface area (Å²) in [7, 11) is 0. The second-order valence-corrected chi connectivity index (χ2v) is 7.02. The number of amides is 2. The lowest BCUT2D eigenvalue weighted by Crippen LogP contribution is -2.47. The van der Waals surface area contributed by atoms with Gasteiger partial charge in [0.05, 0.1) is 12.1 Å². The third-order valence-electron chi connectivity index (χ3n) is 3.92. The summed E-state index contributed by atoms with van der Waals surface area (Å²) in [6.45, 7) is 7.76. The minimum absolute atomic E-state index is 0.0627. The van der Waals surface area contributed by atoms with Crippen LogP contribution >= 0.6 is 11.3 Å². The number of nitrogens with zero attached hydrogens (tertiary/aromatic N) is 1. The SMILES string of the molecule is CC[C@](C)(NC(=O)CNC(=O)c1cc(C)cc(C)c1)c1nccs1. The highest BCUT2D eigenvalue weighted by Crippen LogP contribution is 2.25. The lowest BCUT2D eigenvalue weighted by atomic mass is 10.00. The maximum atomic E-state index is 12.2. The minimum Gasteiger partial charge on any atom is -0.343 e. The molecule has 1 heterocycles. The van der Waals surface area contributed by atoms with E-state index in [4.69, 9.17) is 0 Å². The number of nitrogens with one attached hydrogen (secondary N) is 2. The van der Waals surface area contributed by atoms with Gasteiger partial charge in [0.15, 0.2) is 0 Å². The molecule has 0 fully saturated rings. The zero-order chi connectivity index (χ0) is 17.7. The van der Waals surface area contributed by atoms with Gasteiger partial charge in [-0.3, -0.25) is 9.59 Å². The van der Waals surface area contributed by atoms with Crippen LogP contribution in [0.5, 0.6) is 0 Å². The Morgan fingerprint density at radius 2 is 1.88 bits per heavy atom. The Labute approximate surface area is 146 Å². The number of aryl methyl sites for hydroxylation is 2. The zero-order valence-electron chi connectivity index (χ0n) is 14.5. The van der Waals surface area contributed by atoms with E-state index in [9.17, 15) is 9.59 Å². The topological polar surface area (TPSA) is 71.1 Å². The van der Waals surface area contributed by atoms with E-state index in [1.807, 2.05) is 51.3 Å². The van der Waals surface area contributed by atoms with E-state index in [0.29, 0.717) is 5.56 Å². The predicted molar refractivity (Wildman–Crippen MR) is 96.1 cm³/mol. The number of rotatable bonds is 6. The summed E-state index contributed by atoms with van der Waals surface area (Å²) < 4.78 is 0. The van der Waals surface area contributed by atoms with Crippen LogP contribution in [0.4, 0.5) is 0 Å². The van der Waals surface area contributed by atoms with Gasteiger partial charge in [-0.25, -0.2) is 4.98 Å². The van der Waals surface area contributed by atoms with Crippen LogP contribution < -0.4 is 10.6 Å². The Balaban J connectivity index is 1.96. The fourth-order valence-electron chi connectivity index (χ4n) is 2.51. The minimum atomic E-state index is -0.518. The Morgan fingerprint density at radius 1 is 1.21 bits per heavy atom. The first-order valence-corrected chi connectivity index (χ1v) is 8.79. The summed E-state index contributed by atoms with van der Waals surface area (Å²) in [5.41, 5.74) is 2.09. The number of carbonyl (C=O) groups is 2. The standard InChI is InChI=1S/C18H23N3O2S/c1-5-18(4,17-19-6-7-24-17)21-15(22)11-20-16(23)14-9-12(2)8-13(3)10-14/h6-10H,5,11H2,1-4H3,(H,20,23)(H,21,22)/t18-/m0/s1. The van der Waals surface area contributed by atoms with Crippen LogP contribution in [0.2, 0.25) is 0 Å². The van der Waals surface area contributed by atoms with Gasteiger partial charge in [0.25, 0.3) is 5.91 Å². The summed E-state index contributed by atoms with van der Waals surface area (Å²) in [5, 5.41) is 8.39. The van der Waals surface area contributed by atoms with E-state index < -0.39 is 5.54 Å². The number of thiazole rings is 1. The van der Waals surface area contributed by atoms with Crippen molar-refractivity contribution in [2.75, 3.05) is 6.54 Å². The molecule has 0 radical (unpaired) electrons. The fraction of sp³-hybridized carbons (Fsp3) is 0.389. The van der Waals surface area contributed by atoms with E-state index in [2.05, 4.69) is 15.6 Å². The van der Waals surface area contributed by atoms with E-state index in [1.54, 1.807) is 6.20 Å². The first-order valence-electron chi connectivity index (χ1n) is 7.91. The highest BCUT2D eigenvalue weighted by Gasteiger charge is 2.29. The van der Waals surface area contributed by atoms with Crippen LogP contribution in [-0.4, -0.2) is 23.3 Å². The molecule has 0 aliphatic rings. The Kier molecular flexibility index (Phi) is 5.72. The molecule has 0 spiro atoms. The van der Waals surface area contributed by atoms with Gasteiger partial charge in [-0.05, 0) is 39.3 Å². The van der Waals surface area contributed by atoms with Gasteiger partial charge in [0.1, 0.15) is 5.01 Å². The molecule has 0 unspecified atom stereocenters. The Morgan fingerprint density at radius 3 is 2.42 bits per heavy atom. The molecule has 0 aliphatic carbocycles. The second kappa shape index (κ2) is 7.57. The van der Waals surface area contributed by atoms with Crippen LogP contribution in [0.3, 0.4) is 0 Å². The van der Waals surface area contributed by atoms with Crippen LogP contribution in [0.1, 0.15) is 46.8 Å². The molecule has 0 aliphatic heterocycles. The summed E-state index contributed by atoms with van der Waals surface area (Å²) in [5.74, 6) is -0.475. The average Bonchev–Trinajstić information content (AvgIpc) is 3.06. The van der Waals surface area contributed by atoms with Crippen LogP contribution in [0.15, 0.2) is 29.8 Å². The smallest absolute Gasteiger partial charge is 0.251 e. The number of benzene rings is 1. The Hall–Kier alpha value is -2.21. The van der Waals surface area contributed by atoms with E-state index in [-0.39, 0.29) is 18.4 Å². The van der Waals surface area contributed by atoms with E-state index >= 15 is 0 Å². The molecular formula is C18H23N3O2S. The molecule has 2 aromatic rings. The van der Waals surface area contributed by atoms with Crippen LogP contribution in [0.25, 0.3) is 0 Å². The quantitative estimate of drug-likeness (QED) is 0.845. The van der Waals surface area contributed by atoms with Gasteiger partial charge in [0, 0.05) is 17.1 Å². The van der Waals surface area contributed by atoms with Crippen LogP contribution in [0, 0.1) is 13.8 Å². The van der Waals surface area contributed by atoms with Gasteiger partial charge in [-0.1, -0.05) is 24.1 Å². The third-order valence-corrected chi connectivity index (χ3v) is 4.96. The number of aromatic nitrogens is 1. The molecule has 0 bridgehead atoms. The average molecular weight is 345 g/mol. The molecule has 5 nitrogen and oxygen atoms in total. The summed E-state index contributed by atoms with van der Waals surface area (Å²) in [6, 6.07) is 5.63. The van der Waals surface area contributed by atoms with Crippen molar-refractivity contribution in [3.05, 3.63) is 51.5 Å².